The molecule has 2 atom stereocenters. The van der Waals surface area contributed by atoms with E-state index in [0.717, 1.165) is 53.6 Å². The van der Waals surface area contributed by atoms with Crippen LogP contribution in [-0.4, -0.2) is 35.3 Å². The summed E-state index contributed by atoms with van der Waals surface area (Å²) in [6.07, 6.45) is 5.90. The molecule has 1 aliphatic carbocycles. The molecular formula is C35H36N2O4. The van der Waals surface area contributed by atoms with Gasteiger partial charge in [0.15, 0.2) is 5.60 Å². The third kappa shape index (κ3) is 4.07. The van der Waals surface area contributed by atoms with Gasteiger partial charge in [-0.25, -0.2) is 0 Å². The molecule has 3 aromatic carbocycles. The maximum absolute atomic E-state index is 14.6. The Morgan fingerprint density at radius 2 is 1.51 bits per heavy atom. The zero-order valence-corrected chi connectivity index (χ0v) is 23.6. The molecule has 3 aliphatic heterocycles. The number of fused-ring (bicyclic) bond motifs is 3. The average molecular weight is 549 g/mol. The van der Waals surface area contributed by atoms with Gasteiger partial charge in [0.2, 0.25) is 0 Å². The summed E-state index contributed by atoms with van der Waals surface area (Å²) in [7, 11) is 0. The number of carbonyl (C=O) groups excluding carboxylic acids is 2. The lowest BCUT2D eigenvalue weighted by Gasteiger charge is -2.43. The molecular weight excluding hydrogens is 512 g/mol. The first kappa shape index (κ1) is 26.2. The summed E-state index contributed by atoms with van der Waals surface area (Å²) >= 11 is 0. The maximum Gasteiger partial charge on any atom is 0.281 e. The SMILES string of the molecule is CCO[C@@]12O[C@]3(CC1=C(Cc1ccccc1)C(=O)N2C1CCCCC1)C(=O)N(Cc1ccccc1)c1ccccc13. The largest absolute Gasteiger partial charge is 0.329 e. The maximum atomic E-state index is 14.6. The molecule has 1 saturated heterocycles. The Morgan fingerprint density at radius 1 is 0.854 bits per heavy atom. The number of hydrogen-bond donors (Lipinski definition) is 0. The monoisotopic (exact) mass is 548 g/mol. The van der Waals surface area contributed by atoms with E-state index >= 15 is 0 Å². The lowest BCUT2D eigenvalue weighted by molar-refractivity contribution is -0.300. The van der Waals surface area contributed by atoms with Gasteiger partial charge in [0.25, 0.3) is 17.7 Å². The minimum absolute atomic E-state index is 0.00777. The molecule has 7 rings (SSSR count). The van der Waals surface area contributed by atoms with Gasteiger partial charge in [-0.1, -0.05) is 98.1 Å². The van der Waals surface area contributed by atoms with Crippen LogP contribution in [0.1, 0.15) is 62.1 Å². The van der Waals surface area contributed by atoms with Gasteiger partial charge in [0.1, 0.15) is 0 Å². The number of rotatable bonds is 7. The Bertz CT molecular complexity index is 1500. The molecule has 6 nitrogen and oxygen atoms in total. The third-order valence-corrected chi connectivity index (χ3v) is 9.19. The third-order valence-electron chi connectivity index (χ3n) is 9.19. The van der Waals surface area contributed by atoms with Crippen LogP contribution >= 0.6 is 0 Å². The molecule has 2 fully saturated rings. The van der Waals surface area contributed by atoms with Crippen molar-refractivity contribution in [2.24, 2.45) is 0 Å². The van der Waals surface area contributed by atoms with Crippen molar-refractivity contribution in [1.82, 2.24) is 4.90 Å². The number of ether oxygens (including phenoxy) is 2. The fraction of sp³-hybridized carbons (Fsp3) is 0.371. The standard InChI is InChI=1S/C35H36N2O4/c1-2-40-35-30(28(22-25-14-6-3-7-15-25)32(38)37(35)27-18-10-5-11-19-27)23-34(41-35)29-20-12-13-21-31(29)36(33(34)39)24-26-16-8-4-9-17-26/h3-4,6-9,12-17,20-21,27H,2,5,10-11,18-19,22-24H2,1H3/t34-,35+/m0/s1. The van der Waals surface area contributed by atoms with E-state index in [-0.39, 0.29) is 17.9 Å². The van der Waals surface area contributed by atoms with Crippen molar-refractivity contribution in [3.8, 4) is 0 Å². The molecule has 2 amide bonds. The molecule has 4 aliphatic rings. The van der Waals surface area contributed by atoms with E-state index in [2.05, 4.69) is 12.1 Å². The number of amides is 2. The van der Waals surface area contributed by atoms with Crippen LogP contribution < -0.4 is 4.90 Å². The summed E-state index contributed by atoms with van der Waals surface area (Å²) < 4.78 is 13.7. The summed E-state index contributed by atoms with van der Waals surface area (Å²) in [5, 5.41) is 0. The molecule has 0 bridgehead atoms. The Morgan fingerprint density at radius 3 is 2.22 bits per heavy atom. The first-order valence-corrected chi connectivity index (χ1v) is 15.0. The predicted molar refractivity (Wildman–Crippen MR) is 157 cm³/mol. The lowest BCUT2D eigenvalue weighted by atomic mass is 9.88. The number of hydrogen-bond acceptors (Lipinski definition) is 4. The molecule has 0 radical (unpaired) electrons. The minimum atomic E-state index is -1.39. The lowest BCUT2D eigenvalue weighted by Crippen LogP contribution is -2.57. The molecule has 3 aromatic rings. The van der Waals surface area contributed by atoms with Gasteiger partial charge in [-0.15, -0.1) is 0 Å². The number of carbonyl (C=O) groups is 2. The molecule has 0 unspecified atom stereocenters. The number of nitrogens with zero attached hydrogens (tertiary/aromatic N) is 2. The fourth-order valence-corrected chi connectivity index (χ4v) is 7.39. The van der Waals surface area contributed by atoms with Gasteiger partial charge >= 0.3 is 0 Å². The zero-order valence-electron chi connectivity index (χ0n) is 23.6. The van der Waals surface area contributed by atoms with Crippen molar-refractivity contribution >= 4 is 17.5 Å². The topological polar surface area (TPSA) is 59.1 Å². The van der Waals surface area contributed by atoms with Crippen molar-refractivity contribution in [3.63, 3.8) is 0 Å². The number of para-hydroxylation sites is 1. The summed E-state index contributed by atoms with van der Waals surface area (Å²) in [5.74, 6) is -1.50. The molecule has 0 aromatic heterocycles. The molecule has 1 spiro atoms. The van der Waals surface area contributed by atoms with E-state index in [1.807, 2.05) is 89.5 Å². The molecule has 41 heavy (non-hydrogen) atoms. The fourth-order valence-electron chi connectivity index (χ4n) is 7.39. The Hall–Kier alpha value is -3.74. The van der Waals surface area contributed by atoms with Crippen molar-refractivity contribution in [2.45, 2.75) is 76.0 Å². The van der Waals surface area contributed by atoms with E-state index < -0.39 is 11.5 Å². The highest BCUT2D eigenvalue weighted by molar-refractivity contribution is 6.08. The summed E-state index contributed by atoms with van der Waals surface area (Å²) in [5.41, 5.74) is 4.07. The number of anilines is 1. The second kappa shape index (κ2) is 10.3. The van der Waals surface area contributed by atoms with E-state index in [1.165, 1.54) is 6.42 Å². The second-order valence-corrected chi connectivity index (χ2v) is 11.6. The van der Waals surface area contributed by atoms with Gasteiger partial charge in [0.05, 0.1) is 12.2 Å². The van der Waals surface area contributed by atoms with E-state index in [1.54, 1.807) is 0 Å². The Labute approximate surface area is 241 Å². The molecule has 3 heterocycles. The highest BCUT2D eigenvalue weighted by atomic mass is 16.7. The van der Waals surface area contributed by atoms with E-state index in [9.17, 15) is 9.59 Å². The Kier molecular flexibility index (Phi) is 6.56. The van der Waals surface area contributed by atoms with Crippen LogP contribution in [-0.2, 0) is 37.6 Å². The summed E-state index contributed by atoms with van der Waals surface area (Å²) in [4.78, 5) is 32.7. The van der Waals surface area contributed by atoms with Crippen LogP contribution in [0, 0.1) is 0 Å². The van der Waals surface area contributed by atoms with Crippen LogP contribution in [0.15, 0.2) is 96.1 Å². The summed E-state index contributed by atoms with van der Waals surface area (Å²) in [6.45, 7) is 2.74. The van der Waals surface area contributed by atoms with Gasteiger partial charge in [-0.3, -0.25) is 14.5 Å². The van der Waals surface area contributed by atoms with Crippen LogP contribution in [0.5, 0.6) is 0 Å². The first-order chi connectivity index (χ1) is 20.1. The number of benzene rings is 3. The Balaban J connectivity index is 1.37. The summed E-state index contributed by atoms with van der Waals surface area (Å²) in [6, 6.07) is 28.1. The smallest absolute Gasteiger partial charge is 0.281 e. The van der Waals surface area contributed by atoms with Gasteiger partial charge in [0, 0.05) is 42.2 Å². The van der Waals surface area contributed by atoms with Crippen molar-refractivity contribution < 1.29 is 19.1 Å². The second-order valence-electron chi connectivity index (χ2n) is 11.6. The van der Waals surface area contributed by atoms with Crippen LogP contribution in [0.25, 0.3) is 0 Å². The normalized spacial score (nSPS) is 25.9. The molecule has 0 N–H and O–H groups in total. The van der Waals surface area contributed by atoms with Crippen LogP contribution in [0.2, 0.25) is 0 Å². The highest BCUT2D eigenvalue weighted by Gasteiger charge is 2.70. The van der Waals surface area contributed by atoms with E-state index in [4.69, 9.17) is 9.47 Å². The van der Waals surface area contributed by atoms with E-state index in [0.29, 0.717) is 31.6 Å². The van der Waals surface area contributed by atoms with Gasteiger partial charge in [-0.2, -0.15) is 0 Å². The van der Waals surface area contributed by atoms with Gasteiger partial charge in [-0.05, 0) is 37.0 Å². The first-order valence-electron chi connectivity index (χ1n) is 15.0. The predicted octanol–water partition coefficient (Wildman–Crippen LogP) is 6.25. The molecule has 210 valence electrons. The van der Waals surface area contributed by atoms with Crippen molar-refractivity contribution in [3.05, 3.63) is 113 Å². The van der Waals surface area contributed by atoms with Crippen molar-refractivity contribution in [1.29, 1.82) is 0 Å². The quantitative estimate of drug-likeness (QED) is 0.350. The minimum Gasteiger partial charge on any atom is -0.329 e. The van der Waals surface area contributed by atoms with Crippen molar-refractivity contribution in [2.75, 3.05) is 11.5 Å². The highest BCUT2D eigenvalue weighted by Crippen LogP contribution is 2.60. The molecule has 6 heteroatoms. The molecule has 1 saturated carbocycles. The van der Waals surface area contributed by atoms with Crippen LogP contribution in [0.3, 0.4) is 0 Å². The average Bonchev–Trinajstić information content (AvgIpc) is 3.54. The van der Waals surface area contributed by atoms with Gasteiger partial charge < -0.3 is 14.4 Å². The van der Waals surface area contributed by atoms with Crippen LogP contribution in [0.4, 0.5) is 5.69 Å². The zero-order chi connectivity index (χ0) is 28.0.